The molecule has 2 aromatic carbocycles. The Morgan fingerprint density at radius 3 is 2.67 bits per heavy atom. The van der Waals surface area contributed by atoms with Crippen molar-refractivity contribution in [2.24, 2.45) is 5.92 Å². The van der Waals surface area contributed by atoms with E-state index in [0.717, 1.165) is 0 Å². The van der Waals surface area contributed by atoms with E-state index < -0.39 is 22.2 Å². The topological polar surface area (TPSA) is 160 Å². The van der Waals surface area contributed by atoms with E-state index in [9.17, 15) is 23.1 Å². The number of rotatable bonds is 9. The van der Waals surface area contributed by atoms with Gasteiger partial charge in [-0.3, -0.25) is 9.59 Å². The van der Waals surface area contributed by atoms with Crippen molar-refractivity contribution in [1.29, 1.82) is 0 Å². The second-order valence-corrected chi connectivity index (χ2v) is 11.9. The summed E-state index contributed by atoms with van der Waals surface area (Å²) < 4.78 is 35.4. The van der Waals surface area contributed by atoms with Gasteiger partial charge < -0.3 is 20.1 Å². The summed E-state index contributed by atoms with van der Waals surface area (Å²) in [6.45, 7) is 3.60. The van der Waals surface area contributed by atoms with Crippen molar-refractivity contribution in [3.05, 3.63) is 60.4 Å². The second-order valence-electron chi connectivity index (χ2n) is 9.86. The molecule has 1 aliphatic rings. The largest absolute Gasteiger partial charge is 0.488 e. The van der Waals surface area contributed by atoms with E-state index in [-0.39, 0.29) is 55.3 Å². The standard InChI is InChI=1S/C26H33N7O6S/c1-18-13-33(19(2)16-34)26(36)12-20-11-21(28-25(35)15-32-17-27-29-30-32)9-10-23(20)39-24(18)14-31(3)40(37,38)22-7-5-4-6-8-22/h4-11,17-19,24,34H,12-16H2,1-3H3,(H,28,35)/t18-,19-,24-/m1/s1. The van der Waals surface area contributed by atoms with E-state index in [1.165, 1.54) is 34.5 Å². The molecule has 0 unspecified atom stereocenters. The van der Waals surface area contributed by atoms with Gasteiger partial charge in [-0.15, -0.1) is 5.10 Å². The van der Waals surface area contributed by atoms with E-state index in [2.05, 4.69) is 20.8 Å². The molecule has 2 heterocycles. The van der Waals surface area contributed by atoms with Crippen molar-refractivity contribution in [3.8, 4) is 5.75 Å². The molecule has 0 bridgehead atoms. The molecule has 214 valence electrons. The molecular weight excluding hydrogens is 538 g/mol. The van der Waals surface area contributed by atoms with Crippen molar-refractivity contribution in [1.82, 2.24) is 29.4 Å². The minimum atomic E-state index is -3.79. The molecule has 14 heteroatoms. The predicted molar refractivity (Wildman–Crippen MR) is 145 cm³/mol. The maximum Gasteiger partial charge on any atom is 0.246 e. The van der Waals surface area contributed by atoms with Crippen LogP contribution in [0.4, 0.5) is 5.69 Å². The molecule has 13 nitrogen and oxygen atoms in total. The summed E-state index contributed by atoms with van der Waals surface area (Å²) in [4.78, 5) is 27.6. The maximum absolute atomic E-state index is 13.4. The summed E-state index contributed by atoms with van der Waals surface area (Å²) in [7, 11) is -2.29. The molecule has 3 aromatic rings. The van der Waals surface area contributed by atoms with Gasteiger partial charge in [-0.05, 0) is 47.7 Å². The molecule has 3 atom stereocenters. The van der Waals surface area contributed by atoms with Gasteiger partial charge in [-0.1, -0.05) is 25.1 Å². The van der Waals surface area contributed by atoms with Gasteiger partial charge >= 0.3 is 0 Å². The molecule has 0 spiro atoms. The Labute approximate surface area is 232 Å². The number of sulfonamides is 1. The van der Waals surface area contributed by atoms with Crippen LogP contribution in [-0.4, -0.2) is 93.6 Å². The van der Waals surface area contributed by atoms with E-state index >= 15 is 0 Å². The van der Waals surface area contributed by atoms with E-state index in [1.54, 1.807) is 48.2 Å². The molecule has 0 saturated carbocycles. The number of carbonyl (C=O) groups excluding carboxylic acids is 2. The van der Waals surface area contributed by atoms with Crippen molar-refractivity contribution >= 4 is 27.5 Å². The minimum absolute atomic E-state index is 0.0256. The number of fused-ring (bicyclic) bond motifs is 1. The van der Waals surface area contributed by atoms with Crippen LogP contribution in [0, 0.1) is 5.92 Å². The Hall–Kier alpha value is -3.88. The quantitative estimate of drug-likeness (QED) is 0.378. The number of tetrazole rings is 1. The van der Waals surface area contributed by atoms with Crippen LogP contribution in [0.2, 0.25) is 0 Å². The van der Waals surface area contributed by atoms with Crippen molar-refractivity contribution in [3.63, 3.8) is 0 Å². The predicted octanol–water partition coefficient (Wildman–Crippen LogP) is 0.782. The highest BCUT2D eigenvalue weighted by molar-refractivity contribution is 7.89. The normalized spacial score (nSPS) is 18.7. The zero-order valence-corrected chi connectivity index (χ0v) is 23.4. The lowest BCUT2D eigenvalue weighted by Gasteiger charge is -2.33. The first-order valence-electron chi connectivity index (χ1n) is 12.8. The summed E-state index contributed by atoms with van der Waals surface area (Å²) in [6, 6.07) is 12.6. The molecule has 1 aromatic heterocycles. The summed E-state index contributed by atoms with van der Waals surface area (Å²) in [6.07, 6.45) is 0.666. The number of nitrogens with zero attached hydrogens (tertiary/aromatic N) is 6. The molecule has 4 rings (SSSR count). The molecule has 0 radical (unpaired) electrons. The van der Waals surface area contributed by atoms with Crippen LogP contribution in [0.25, 0.3) is 0 Å². The van der Waals surface area contributed by atoms with E-state index in [4.69, 9.17) is 4.74 Å². The summed E-state index contributed by atoms with van der Waals surface area (Å²) >= 11 is 0. The summed E-state index contributed by atoms with van der Waals surface area (Å²) in [5.74, 6) is -0.459. The first-order valence-corrected chi connectivity index (χ1v) is 14.2. The Morgan fingerprint density at radius 2 is 2.00 bits per heavy atom. The molecule has 0 aliphatic carbocycles. The first-order chi connectivity index (χ1) is 19.1. The fraction of sp³-hybridized carbons (Fsp3) is 0.423. The van der Waals surface area contributed by atoms with Crippen LogP contribution in [0.1, 0.15) is 19.4 Å². The lowest BCUT2D eigenvalue weighted by Crippen LogP contribution is -2.48. The SMILES string of the molecule is C[C@@H]1CN([C@H](C)CO)C(=O)Cc2cc(NC(=O)Cn3cnnn3)ccc2O[C@@H]1CN(C)S(=O)(=O)c1ccccc1. The number of hydrogen-bond donors (Lipinski definition) is 2. The monoisotopic (exact) mass is 571 g/mol. The number of aromatic nitrogens is 4. The molecule has 0 saturated heterocycles. The Kier molecular flexibility index (Phi) is 9.12. The number of amides is 2. The lowest BCUT2D eigenvalue weighted by molar-refractivity contribution is -0.134. The van der Waals surface area contributed by atoms with Gasteiger partial charge in [-0.2, -0.15) is 4.31 Å². The number of ether oxygens (including phenoxy) is 1. The number of aliphatic hydroxyl groups is 1. The Bertz CT molecular complexity index is 1420. The maximum atomic E-state index is 13.4. The number of nitrogens with one attached hydrogen (secondary N) is 1. The zero-order chi connectivity index (χ0) is 28.9. The summed E-state index contributed by atoms with van der Waals surface area (Å²) in [5, 5.41) is 23.3. The first kappa shape index (κ1) is 29.1. The van der Waals surface area contributed by atoms with Crippen LogP contribution in [0.15, 0.2) is 59.8 Å². The van der Waals surface area contributed by atoms with Crippen LogP contribution in [-0.2, 0) is 32.6 Å². The van der Waals surface area contributed by atoms with Crippen LogP contribution in [0.5, 0.6) is 5.75 Å². The Balaban J connectivity index is 1.62. The molecular formula is C26H33N7O6S. The fourth-order valence-electron chi connectivity index (χ4n) is 4.45. The molecule has 40 heavy (non-hydrogen) atoms. The average molecular weight is 572 g/mol. The van der Waals surface area contributed by atoms with Crippen molar-refractivity contribution < 1.29 is 27.9 Å². The number of anilines is 1. The number of carbonyl (C=O) groups is 2. The zero-order valence-electron chi connectivity index (χ0n) is 22.5. The van der Waals surface area contributed by atoms with Gasteiger partial charge in [0.1, 0.15) is 24.7 Å². The molecule has 2 amide bonds. The number of likely N-dealkylation sites (N-methyl/N-ethyl adjacent to an activating group) is 1. The van der Waals surface area contributed by atoms with Gasteiger partial charge in [0, 0.05) is 30.8 Å². The van der Waals surface area contributed by atoms with Crippen molar-refractivity contribution in [2.75, 3.05) is 32.1 Å². The number of benzene rings is 2. The van der Waals surface area contributed by atoms with Crippen LogP contribution in [0.3, 0.4) is 0 Å². The third-order valence-corrected chi connectivity index (χ3v) is 8.62. The highest BCUT2D eigenvalue weighted by atomic mass is 32.2. The lowest BCUT2D eigenvalue weighted by atomic mass is 10.0. The molecule has 0 fully saturated rings. The van der Waals surface area contributed by atoms with Gasteiger partial charge in [0.2, 0.25) is 21.8 Å². The minimum Gasteiger partial charge on any atom is -0.488 e. The van der Waals surface area contributed by atoms with Gasteiger partial charge in [0.05, 0.1) is 30.5 Å². The van der Waals surface area contributed by atoms with Gasteiger partial charge in [-0.25, -0.2) is 13.1 Å². The Morgan fingerprint density at radius 1 is 1.25 bits per heavy atom. The van der Waals surface area contributed by atoms with Crippen LogP contribution >= 0.6 is 0 Å². The third kappa shape index (κ3) is 6.81. The number of hydrogen-bond acceptors (Lipinski definition) is 9. The average Bonchev–Trinajstić information content (AvgIpc) is 3.45. The smallest absolute Gasteiger partial charge is 0.246 e. The summed E-state index contributed by atoms with van der Waals surface area (Å²) in [5.41, 5.74) is 0.968. The highest BCUT2D eigenvalue weighted by Gasteiger charge is 2.33. The third-order valence-electron chi connectivity index (χ3n) is 6.79. The highest BCUT2D eigenvalue weighted by Crippen LogP contribution is 2.30. The fourth-order valence-corrected chi connectivity index (χ4v) is 5.65. The van der Waals surface area contributed by atoms with E-state index in [1.807, 2.05) is 6.92 Å². The van der Waals surface area contributed by atoms with E-state index in [0.29, 0.717) is 17.0 Å². The van der Waals surface area contributed by atoms with Gasteiger partial charge in [0.25, 0.3) is 0 Å². The molecule has 2 N–H and O–H groups in total. The van der Waals surface area contributed by atoms with Gasteiger partial charge in [0.15, 0.2) is 0 Å². The molecule has 1 aliphatic heterocycles. The van der Waals surface area contributed by atoms with Crippen molar-refractivity contribution in [2.45, 2.75) is 43.9 Å². The number of aliphatic hydroxyl groups excluding tert-OH is 1. The van der Waals surface area contributed by atoms with Crippen LogP contribution < -0.4 is 10.1 Å². The second kappa shape index (κ2) is 12.5.